The normalized spacial score (nSPS) is 35.7. The Morgan fingerprint density at radius 1 is 0.590 bits per heavy atom. The van der Waals surface area contributed by atoms with Crippen LogP contribution in [0.1, 0.15) is 117 Å². The number of halogens is 1. The van der Waals surface area contributed by atoms with Gasteiger partial charge in [-0.2, -0.15) is 0 Å². The van der Waals surface area contributed by atoms with Crippen LogP contribution in [-0.2, 0) is 9.59 Å². The molecular weight excluding hydrogens is 491 g/mol. The molecule has 1 aromatic rings. The molecule has 5 heteroatoms. The number of ether oxygens (including phenoxy) is 2. The number of carbonyl (C=O) groups is 2. The molecule has 0 heterocycles. The standard InChI is InChI=1S/C34H49FO4/c1-22-3-7-24(8-4-22)26-11-15-28(16-12-26)33(36)38-30-19-20-32(31(35)21-30)39-34(37)29-17-13-27(14-18-29)25-9-5-23(2)6-10-25/h19-29H,3-18H2,1-2H3. The van der Waals surface area contributed by atoms with Crippen molar-refractivity contribution in [3.8, 4) is 11.5 Å². The van der Waals surface area contributed by atoms with E-state index in [0.29, 0.717) is 0 Å². The van der Waals surface area contributed by atoms with Gasteiger partial charge in [0.05, 0.1) is 11.8 Å². The zero-order valence-corrected chi connectivity index (χ0v) is 24.2. The van der Waals surface area contributed by atoms with Crippen LogP contribution in [0.15, 0.2) is 18.2 Å². The Morgan fingerprint density at radius 2 is 0.974 bits per heavy atom. The van der Waals surface area contributed by atoms with Crippen LogP contribution in [0.4, 0.5) is 4.39 Å². The highest BCUT2D eigenvalue weighted by molar-refractivity contribution is 5.76. The topological polar surface area (TPSA) is 52.6 Å². The van der Waals surface area contributed by atoms with Gasteiger partial charge in [-0.15, -0.1) is 0 Å². The van der Waals surface area contributed by atoms with E-state index < -0.39 is 5.82 Å². The maximum absolute atomic E-state index is 14.8. The fourth-order valence-electron chi connectivity index (χ4n) is 8.19. The lowest BCUT2D eigenvalue weighted by Crippen LogP contribution is -2.30. The molecule has 0 amide bonds. The lowest BCUT2D eigenvalue weighted by molar-refractivity contribution is -0.141. The molecule has 4 aliphatic rings. The molecule has 0 saturated heterocycles. The number of hydrogen-bond acceptors (Lipinski definition) is 4. The van der Waals surface area contributed by atoms with Gasteiger partial charge < -0.3 is 9.47 Å². The lowest BCUT2D eigenvalue weighted by Gasteiger charge is -2.36. The summed E-state index contributed by atoms with van der Waals surface area (Å²) >= 11 is 0. The summed E-state index contributed by atoms with van der Waals surface area (Å²) in [5.74, 6) is 3.37. The van der Waals surface area contributed by atoms with Crippen LogP contribution in [0.25, 0.3) is 0 Å². The van der Waals surface area contributed by atoms with Crippen LogP contribution in [0.5, 0.6) is 11.5 Å². The molecular formula is C34H49FO4. The Bertz CT molecular complexity index is 959. The molecule has 0 spiro atoms. The fourth-order valence-corrected chi connectivity index (χ4v) is 8.19. The second kappa shape index (κ2) is 13.2. The van der Waals surface area contributed by atoms with E-state index in [2.05, 4.69) is 13.8 Å². The van der Waals surface area contributed by atoms with Gasteiger partial charge in [0.1, 0.15) is 5.75 Å². The van der Waals surface area contributed by atoms with E-state index in [1.807, 2.05) is 0 Å². The first-order chi connectivity index (χ1) is 18.9. The van der Waals surface area contributed by atoms with E-state index in [1.54, 1.807) is 6.07 Å². The summed E-state index contributed by atoms with van der Waals surface area (Å²) in [6.45, 7) is 4.70. The third-order valence-electron chi connectivity index (χ3n) is 11.0. The average Bonchev–Trinajstić information content (AvgIpc) is 2.95. The van der Waals surface area contributed by atoms with Crippen LogP contribution in [0, 0.1) is 53.2 Å². The van der Waals surface area contributed by atoms with Gasteiger partial charge in [-0.25, -0.2) is 4.39 Å². The Hall–Kier alpha value is -1.91. The predicted octanol–water partition coefficient (Wildman–Crippen LogP) is 8.90. The summed E-state index contributed by atoms with van der Waals surface area (Å²) < 4.78 is 25.9. The van der Waals surface area contributed by atoms with Gasteiger partial charge in [0.2, 0.25) is 0 Å². The minimum absolute atomic E-state index is 0.0782. The first-order valence-electron chi connectivity index (χ1n) is 16.1. The van der Waals surface area contributed by atoms with Crippen LogP contribution in [0.3, 0.4) is 0 Å². The third kappa shape index (κ3) is 7.44. The molecule has 216 valence electrons. The Morgan fingerprint density at radius 3 is 1.38 bits per heavy atom. The summed E-state index contributed by atoms with van der Waals surface area (Å²) in [5.41, 5.74) is 0. The van der Waals surface area contributed by atoms with E-state index in [4.69, 9.17) is 9.47 Å². The second-order valence-corrected chi connectivity index (χ2v) is 13.7. The van der Waals surface area contributed by atoms with E-state index in [1.165, 1.54) is 63.5 Å². The highest BCUT2D eigenvalue weighted by Crippen LogP contribution is 2.43. The first kappa shape index (κ1) is 28.6. The number of benzene rings is 1. The molecule has 0 atom stereocenters. The van der Waals surface area contributed by atoms with Crippen molar-refractivity contribution in [2.45, 2.75) is 117 Å². The van der Waals surface area contributed by atoms with Crippen molar-refractivity contribution >= 4 is 11.9 Å². The van der Waals surface area contributed by atoms with Gasteiger partial charge in [0.25, 0.3) is 0 Å². The van der Waals surface area contributed by atoms with Crippen molar-refractivity contribution in [3.63, 3.8) is 0 Å². The monoisotopic (exact) mass is 540 g/mol. The highest BCUT2D eigenvalue weighted by atomic mass is 19.1. The minimum Gasteiger partial charge on any atom is -0.426 e. The lowest BCUT2D eigenvalue weighted by atomic mass is 9.69. The fraction of sp³-hybridized carbons (Fsp3) is 0.765. The zero-order chi connectivity index (χ0) is 27.4. The van der Waals surface area contributed by atoms with Gasteiger partial charge in [-0.1, -0.05) is 39.5 Å². The number of esters is 2. The third-order valence-corrected chi connectivity index (χ3v) is 11.0. The zero-order valence-electron chi connectivity index (χ0n) is 24.2. The predicted molar refractivity (Wildman–Crippen MR) is 151 cm³/mol. The average molecular weight is 541 g/mol. The molecule has 0 aliphatic heterocycles. The molecule has 1 aromatic carbocycles. The molecule has 0 aromatic heterocycles. The van der Waals surface area contributed by atoms with Crippen molar-refractivity contribution in [1.82, 2.24) is 0 Å². The van der Waals surface area contributed by atoms with Gasteiger partial charge in [-0.05, 0) is 125 Å². The van der Waals surface area contributed by atoms with E-state index >= 15 is 0 Å². The smallest absolute Gasteiger partial charge is 0.314 e. The molecule has 0 bridgehead atoms. The largest absolute Gasteiger partial charge is 0.426 e. The molecule has 0 unspecified atom stereocenters. The van der Waals surface area contributed by atoms with Crippen LogP contribution < -0.4 is 9.47 Å². The number of hydrogen-bond donors (Lipinski definition) is 0. The molecule has 4 aliphatic carbocycles. The van der Waals surface area contributed by atoms with E-state index in [9.17, 15) is 14.0 Å². The van der Waals surface area contributed by atoms with E-state index in [0.717, 1.165) is 86.9 Å². The highest BCUT2D eigenvalue weighted by Gasteiger charge is 2.35. The molecule has 4 fully saturated rings. The van der Waals surface area contributed by atoms with Crippen LogP contribution >= 0.6 is 0 Å². The quantitative estimate of drug-likeness (QED) is 0.267. The van der Waals surface area contributed by atoms with Crippen molar-refractivity contribution in [1.29, 1.82) is 0 Å². The van der Waals surface area contributed by atoms with Crippen LogP contribution in [-0.4, -0.2) is 11.9 Å². The molecule has 39 heavy (non-hydrogen) atoms. The van der Waals surface area contributed by atoms with E-state index in [-0.39, 0.29) is 35.3 Å². The summed E-state index contributed by atoms with van der Waals surface area (Å²) in [7, 11) is 0. The Labute approximate surface area is 234 Å². The molecule has 4 nitrogen and oxygen atoms in total. The maximum Gasteiger partial charge on any atom is 0.314 e. The van der Waals surface area contributed by atoms with Gasteiger partial charge >= 0.3 is 11.9 Å². The van der Waals surface area contributed by atoms with Crippen molar-refractivity contribution in [3.05, 3.63) is 24.0 Å². The Kier molecular flexibility index (Phi) is 9.66. The van der Waals surface area contributed by atoms with Gasteiger partial charge in [-0.3, -0.25) is 9.59 Å². The molecule has 0 radical (unpaired) electrons. The van der Waals surface area contributed by atoms with Gasteiger partial charge in [0, 0.05) is 6.07 Å². The molecule has 5 rings (SSSR count). The number of rotatable bonds is 6. The van der Waals surface area contributed by atoms with Crippen molar-refractivity contribution in [2.75, 3.05) is 0 Å². The summed E-state index contributed by atoms with van der Waals surface area (Å²) in [6, 6.07) is 4.14. The second-order valence-electron chi connectivity index (χ2n) is 13.7. The van der Waals surface area contributed by atoms with Crippen LogP contribution in [0.2, 0.25) is 0 Å². The molecule has 0 N–H and O–H groups in total. The SMILES string of the molecule is CC1CCC(C2CCC(C(=O)Oc3ccc(OC(=O)C4CCC(C5CCC(C)CC5)CC4)c(F)c3)CC2)CC1. The maximum atomic E-state index is 14.8. The first-order valence-corrected chi connectivity index (χ1v) is 16.1. The Balaban J connectivity index is 1.05. The van der Waals surface area contributed by atoms with Crippen molar-refractivity contribution in [2.24, 2.45) is 47.3 Å². The minimum atomic E-state index is -0.658. The summed E-state index contributed by atoms with van der Waals surface area (Å²) in [6.07, 6.45) is 18.3. The summed E-state index contributed by atoms with van der Waals surface area (Å²) in [4.78, 5) is 25.6. The molecule has 4 saturated carbocycles. The van der Waals surface area contributed by atoms with Crippen molar-refractivity contribution < 1.29 is 23.5 Å². The number of carbonyl (C=O) groups excluding carboxylic acids is 2. The van der Waals surface area contributed by atoms with Gasteiger partial charge in [0.15, 0.2) is 11.6 Å². The summed E-state index contributed by atoms with van der Waals surface area (Å²) in [5, 5.41) is 0.